The van der Waals surface area contributed by atoms with Gasteiger partial charge in [0.2, 0.25) is 0 Å². The standard InChI is InChI=1S/C21H24N4O/c1-21(11-4-12-21)20-24-23-19-10-7-14(13-25(19)20)26-18-9-8-17(22)15-5-2-3-6-16(15)18/h2-3,5-7,10,13,17-18H,4,8-9,11-12,22H2,1H3/t17-,18+/m0/s1. The van der Waals surface area contributed by atoms with E-state index in [0.717, 1.165) is 30.1 Å². The van der Waals surface area contributed by atoms with Crippen molar-refractivity contribution in [3.8, 4) is 5.75 Å². The minimum absolute atomic E-state index is 0.0441. The smallest absolute Gasteiger partial charge is 0.161 e. The van der Waals surface area contributed by atoms with Gasteiger partial charge in [0.25, 0.3) is 0 Å². The van der Waals surface area contributed by atoms with Crippen LogP contribution in [-0.2, 0) is 5.41 Å². The maximum Gasteiger partial charge on any atom is 0.161 e. The molecule has 2 aromatic heterocycles. The van der Waals surface area contributed by atoms with Gasteiger partial charge in [0, 0.05) is 11.5 Å². The molecule has 5 heteroatoms. The van der Waals surface area contributed by atoms with Crippen LogP contribution in [0.5, 0.6) is 5.75 Å². The lowest BCUT2D eigenvalue weighted by Gasteiger charge is -2.36. The molecular formula is C21H24N4O. The van der Waals surface area contributed by atoms with Gasteiger partial charge in [-0.25, -0.2) is 0 Å². The lowest BCUT2D eigenvalue weighted by molar-refractivity contribution is 0.176. The number of rotatable bonds is 3. The van der Waals surface area contributed by atoms with Gasteiger partial charge < -0.3 is 10.5 Å². The SMILES string of the molecule is CC1(c2nnc3ccc(O[C@@H]4CC[C@H](N)c5ccccc54)cn23)CCC1. The Hall–Kier alpha value is -2.40. The van der Waals surface area contributed by atoms with Gasteiger partial charge in [-0.05, 0) is 48.9 Å². The minimum Gasteiger partial charge on any atom is -0.484 e. The number of nitrogens with zero attached hydrogens (tertiary/aromatic N) is 3. The van der Waals surface area contributed by atoms with E-state index in [2.05, 4.69) is 45.8 Å². The predicted molar refractivity (Wildman–Crippen MR) is 100 cm³/mol. The summed E-state index contributed by atoms with van der Waals surface area (Å²) in [5.41, 5.74) is 9.71. The molecule has 2 N–H and O–H groups in total. The zero-order valence-corrected chi connectivity index (χ0v) is 15.1. The highest BCUT2D eigenvalue weighted by atomic mass is 16.5. The molecule has 0 aliphatic heterocycles. The highest BCUT2D eigenvalue weighted by Gasteiger charge is 2.38. The molecule has 2 atom stereocenters. The van der Waals surface area contributed by atoms with E-state index < -0.39 is 0 Å². The van der Waals surface area contributed by atoms with Crippen LogP contribution in [0.15, 0.2) is 42.6 Å². The molecule has 0 spiro atoms. The summed E-state index contributed by atoms with van der Waals surface area (Å²) in [6.07, 6.45) is 7.58. The number of fused-ring (bicyclic) bond motifs is 2. The first kappa shape index (κ1) is 15.8. The van der Waals surface area contributed by atoms with Crippen LogP contribution >= 0.6 is 0 Å². The van der Waals surface area contributed by atoms with Gasteiger partial charge in [-0.1, -0.05) is 37.6 Å². The van der Waals surface area contributed by atoms with Crippen LogP contribution in [0.4, 0.5) is 0 Å². The van der Waals surface area contributed by atoms with Crippen LogP contribution < -0.4 is 10.5 Å². The molecule has 3 aromatic rings. The third kappa shape index (κ3) is 2.42. The van der Waals surface area contributed by atoms with Crippen LogP contribution in [0.1, 0.15) is 68.1 Å². The van der Waals surface area contributed by atoms with Crippen molar-refractivity contribution in [2.45, 2.75) is 56.6 Å². The second-order valence-corrected chi connectivity index (χ2v) is 7.95. The molecule has 5 nitrogen and oxygen atoms in total. The van der Waals surface area contributed by atoms with Crippen LogP contribution in [0.2, 0.25) is 0 Å². The Morgan fingerprint density at radius 2 is 1.88 bits per heavy atom. The van der Waals surface area contributed by atoms with Crippen molar-refractivity contribution in [2.24, 2.45) is 5.73 Å². The summed E-state index contributed by atoms with van der Waals surface area (Å²) in [4.78, 5) is 0. The monoisotopic (exact) mass is 348 g/mol. The average Bonchev–Trinajstić information content (AvgIpc) is 3.06. The molecule has 0 saturated heterocycles. The number of nitrogens with two attached hydrogens (primary N) is 1. The Labute approximate surface area is 153 Å². The second kappa shape index (κ2) is 5.81. The Morgan fingerprint density at radius 3 is 2.65 bits per heavy atom. The molecule has 2 heterocycles. The molecule has 2 aliphatic rings. The topological polar surface area (TPSA) is 65.4 Å². The van der Waals surface area contributed by atoms with Gasteiger partial charge in [-0.3, -0.25) is 4.40 Å². The zero-order chi connectivity index (χ0) is 17.7. The Kier molecular flexibility index (Phi) is 3.54. The van der Waals surface area contributed by atoms with E-state index in [4.69, 9.17) is 10.5 Å². The largest absolute Gasteiger partial charge is 0.484 e. The number of ether oxygens (including phenoxy) is 1. The zero-order valence-electron chi connectivity index (χ0n) is 15.1. The molecule has 1 fully saturated rings. The van der Waals surface area contributed by atoms with Crippen molar-refractivity contribution >= 4 is 5.65 Å². The first-order valence-electron chi connectivity index (χ1n) is 9.50. The molecule has 26 heavy (non-hydrogen) atoms. The van der Waals surface area contributed by atoms with Crippen molar-refractivity contribution in [3.63, 3.8) is 0 Å². The Balaban J connectivity index is 1.49. The van der Waals surface area contributed by atoms with E-state index >= 15 is 0 Å². The molecule has 1 aromatic carbocycles. The molecule has 0 radical (unpaired) electrons. The maximum absolute atomic E-state index is 6.39. The number of hydrogen-bond donors (Lipinski definition) is 1. The van der Waals surface area contributed by atoms with Crippen LogP contribution in [0.3, 0.4) is 0 Å². The fourth-order valence-electron chi connectivity index (χ4n) is 4.35. The molecular weight excluding hydrogens is 324 g/mol. The minimum atomic E-state index is 0.0441. The number of aromatic nitrogens is 3. The Morgan fingerprint density at radius 1 is 1.08 bits per heavy atom. The van der Waals surface area contributed by atoms with Crippen molar-refractivity contribution < 1.29 is 4.74 Å². The van der Waals surface area contributed by atoms with Crippen molar-refractivity contribution in [1.82, 2.24) is 14.6 Å². The summed E-state index contributed by atoms with van der Waals surface area (Å²) in [7, 11) is 0. The van der Waals surface area contributed by atoms with E-state index in [9.17, 15) is 0 Å². The molecule has 2 aliphatic carbocycles. The van der Waals surface area contributed by atoms with Crippen LogP contribution in [0.25, 0.3) is 5.65 Å². The van der Waals surface area contributed by atoms with Crippen LogP contribution in [0, 0.1) is 0 Å². The summed E-state index contributed by atoms with van der Waals surface area (Å²) in [5, 5.41) is 8.81. The normalized spacial score (nSPS) is 24.1. The van der Waals surface area contributed by atoms with Gasteiger partial charge in [0.15, 0.2) is 5.65 Å². The van der Waals surface area contributed by atoms with E-state index in [1.807, 2.05) is 18.3 Å². The summed E-state index contributed by atoms with van der Waals surface area (Å²) in [6.45, 7) is 2.28. The van der Waals surface area contributed by atoms with Gasteiger partial charge in [0.1, 0.15) is 17.7 Å². The lowest BCUT2D eigenvalue weighted by Crippen LogP contribution is -2.32. The number of benzene rings is 1. The fourth-order valence-corrected chi connectivity index (χ4v) is 4.35. The van der Waals surface area contributed by atoms with Crippen molar-refractivity contribution in [2.75, 3.05) is 0 Å². The van der Waals surface area contributed by atoms with E-state index in [1.165, 1.54) is 30.4 Å². The predicted octanol–water partition coefficient (Wildman–Crippen LogP) is 4.08. The first-order valence-corrected chi connectivity index (χ1v) is 9.50. The van der Waals surface area contributed by atoms with E-state index in [-0.39, 0.29) is 17.6 Å². The summed E-state index contributed by atoms with van der Waals surface area (Å²) in [5.74, 6) is 1.91. The van der Waals surface area contributed by atoms with E-state index in [0.29, 0.717) is 0 Å². The molecule has 134 valence electrons. The van der Waals surface area contributed by atoms with Crippen molar-refractivity contribution in [3.05, 3.63) is 59.5 Å². The molecule has 0 bridgehead atoms. The van der Waals surface area contributed by atoms with Gasteiger partial charge in [0.05, 0.1) is 6.20 Å². The molecule has 5 rings (SSSR count). The maximum atomic E-state index is 6.39. The first-order chi connectivity index (χ1) is 12.6. The average molecular weight is 348 g/mol. The Bertz CT molecular complexity index is 960. The molecule has 0 unspecified atom stereocenters. The summed E-state index contributed by atoms with van der Waals surface area (Å²) >= 11 is 0. The third-order valence-electron chi connectivity index (χ3n) is 6.13. The van der Waals surface area contributed by atoms with E-state index in [1.54, 1.807) is 0 Å². The highest BCUT2D eigenvalue weighted by molar-refractivity contribution is 5.43. The third-order valence-corrected chi connectivity index (χ3v) is 6.13. The molecule has 1 saturated carbocycles. The number of pyridine rings is 1. The van der Waals surface area contributed by atoms with Crippen molar-refractivity contribution in [1.29, 1.82) is 0 Å². The van der Waals surface area contributed by atoms with Gasteiger partial charge in [-0.2, -0.15) is 0 Å². The van der Waals surface area contributed by atoms with Crippen LogP contribution in [-0.4, -0.2) is 14.6 Å². The quantitative estimate of drug-likeness (QED) is 0.774. The summed E-state index contributed by atoms with van der Waals surface area (Å²) < 4.78 is 8.50. The highest BCUT2D eigenvalue weighted by Crippen LogP contribution is 2.43. The summed E-state index contributed by atoms with van der Waals surface area (Å²) in [6, 6.07) is 12.5. The molecule has 0 amide bonds. The fraction of sp³-hybridized carbons (Fsp3) is 0.429. The number of hydrogen-bond acceptors (Lipinski definition) is 4. The van der Waals surface area contributed by atoms with Gasteiger partial charge >= 0.3 is 0 Å². The lowest BCUT2D eigenvalue weighted by atomic mass is 9.70. The second-order valence-electron chi connectivity index (χ2n) is 7.95. The van der Waals surface area contributed by atoms with Gasteiger partial charge in [-0.15, -0.1) is 10.2 Å².